The molecule has 1 atom stereocenters. The number of benzene rings is 1. The van der Waals surface area contributed by atoms with Gasteiger partial charge in [-0.1, -0.05) is 31.0 Å². The number of carboxylic acids is 1. The first-order chi connectivity index (χ1) is 10.9. The SMILES string of the molecule is CC1(C(=O)O)CCN(C(=O)C2(c3ccccc3F)CCCC2)C1. The molecule has 1 heterocycles. The number of nitrogens with zero attached hydrogens (tertiary/aromatic N) is 1. The molecule has 1 saturated heterocycles. The maximum Gasteiger partial charge on any atom is 0.311 e. The maximum absolute atomic E-state index is 14.3. The predicted molar refractivity (Wildman–Crippen MR) is 83.5 cm³/mol. The predicted octanol–water partition coefficient (Wildman–Crippen LogP) is 2.96. The Morgan fingerprint density at radius 3 is 2.39 bits per heavy atom. The molecule has 2 fully saturated rings. The fourth-order valence-electron chi connectivity index (χ4n) is 4.04. The van der Waals surface area contributed by atoms with E-state index in [0.717, 1.165) is 12.8 Å². The average Bonchev–Trinajstić information content (AvgIpc) is 3.15. The van der Waals surface area contributed by atoms with Crippen molar-refractivity contribution < 1.29 is 19.1 Å². The summed E-state index contributed by atoms with van der Waals surface area (Å²) in [6, 6.07) is 6.49. The Balaban J connectivity index is 1.93. The molecule has 1 N–H and O–H groups in total. The quantitative estimate of drug-likeness (QED) is 0.932. The largest absolute Gasteiger partial charge is 0.481 e. The highest BCUT2D eigenvalue weighted by molar-refractivity contribution is 5.90. The van der Waals surface area contributed by atoms with E-state index in [1.165, 1.54) is 6.07 Å². The van der Waals surface area contributed by atoms with E-state index in [2.05, 4.69) is 0 Å². The van der Waals surface area contributed by atoms with Gasteiger partial charge in [0.25, 0.3) is 0 Å². The molecule has 0 radical (unpaired) electrons. The Morgan fingerprint density at radius 1 is 1.17 bits per heavy atom. The van der Waals surface area contributed by atoms with Crippen LogP contribution in [0.15, 0.2) is 24.3 Å². The van der Waals surface area contributed by atoms with Crippen LogP contribution in [-0.4, -0.2) is 35.0 Å². The zero-order valence-corrected chi connectivity index (χ0v) is 13.3. The molecule has 4 nitrogen and oxygen atoms in total. The van der Waals surface area contributed by atoms with Gasteiger partial charge in [-0.25, -0.2) is 4.39 Å². The van der Waals surface area contributed by atoms with Crippen LogP contribution in [0.1, 0.15) is 44.6 Å². The molecule has 0 aromatic heterocycles. The first-order valence-electron chi connectivity index (χ1n) is 8.17. The van der Waals surface area contributed by atoms with Crippen molar-refractivity contribution in [1.82, 2.24) is 4.90 Å². The van der Waals surface area contributed by atoms with E-state index in [-0.39, 0.29) is 18.3 Å². The lowest BCUT2D eigenvalue weighted by Crippen LogP contribution is -2.46. The summed E-state index contributed by atoms with van der Waals surface area (Å²) in [5, 5.41) is 9.36. The lowest BCUT2D eigenvalue weighted by molar-refractivity contribution is -0.147. The van der Waals surface area contributed by atoms with Crippen LogP contribution >= 0.6 is 0 Å². The monoisotopic (exact) mass is 319 g/mol. The highest BCUT2D eigenvalue weighted by atomic mass is 19.1. The van der Waals surface area contributed by atoms with E-state index in [1.54, 1.807) is 30.0 Å². The molecule has 1 aromatic rings. The van der Waals surface area contributed by atoms with Crippen LogP contribution in [0, 0.1) is 11.2 Å². The van der Waals surface area contributed by atoms with Crippen molar-refractivity contribution in [3.05, 3.63) is 35.6 Å². The number of aliphatic carboxylic acids is 1. The second-order valence-corrected chi connectivity index (χ2v) is 7.11. The van der Waals surface area contributed by atoms with Crippen molar-refractivity contribution in [1.29, 1.82) is 0 Å². The summed E-state index contributed by atoms with van der Waals surface area (Å²) in [7, 11) is 0. The Kier molecular flexibility index (Phi) is 3.90. The highest BCUT2D eigenvalue weighted by Gasteiger charge is 2.50. The van der Waals surface area contributed by atoms with Crippen LogP contribution in [0.25, 0.3) is 0 Å². The van der Waals surface area contributed by atoms with Gasteiger partial charge in [0, 0.05) is 18.7 Å². The van der Waals surface area contributed by atoms with Gasteiger partial charge in [-0.15, -0.1) is 0 Å². The van der Waals surface area contributed by atoms with Gasteiger partial charge in [0.1, 0.15) is 5.82 Å². The summed E-state index contributed by atoms with van der Waals surface area (Å²) >= 11 is 0. The summed E-state index contributed by atoms with van der Waals surface area (Å²) in [5.74, 6) is -1.33. The summed E-state index contributed by atoms with van der Waals surface area (Å²) < 4.78 is 14.3. The van der Waals surface area contributed by atoms with Gasteiger partial charge in [0.2, 0.25) is 5.91 Å². The van der Waals surface area contributed by atoms with Crippen LogP contribution in [0.4, 0.5) is 4.39 Å². The maximum atomic E-state index is 14.3. The number of carbonyl (C=O) groups excluding carboxylic acids is 1. The molecule has 1 unspecified atom stereocenters. The summed E-state index contributed by atoms with van der Waals surface area (Å²) in [6.07, 6.45) is 3.50. The highest BCUT2D eigenvalue weighted by Crippen LogP contribution is 2.45. The number of hydrogen-bond donors (Lipinski definition) is 1. The summed E-state index contributed by atoms with van der Waals surface area (Å²) in [4.78, 5) is 26.2. The van der Waals surface area contributed by atoms with Gasteiger partial charge in [0.15, 0.2) is 0 Å². The Morgan fingerprint density at radius 2 is 1.83 bits per heavy atom. The van der Waals surface area contributed by atoms with Gasteiger partial charge in [-0.3, -0.25) is 9.59 Å². The van der Waals surface area contributed by atoms with Crippen LogP contribution in [-0.2, 0) is 15.0 Å². The average molecular weight is 319 g/mol. The van der Waals surface area contributed by atoms with Crippen LogP contribution in [0.2, 0.25) is 0 Å². The second-order valence-electron chi connectivity index (χ2n) is 7.11. The molecule has 3 rings (SSSR count). The Labute approximate surface area is 135 Å². The standard InChI is InChI=1S/C18H22FNO3/c1-17(16(22)23)10-11-20(12-17)15(21)18(8-4-5-9-18)13-6-2-3-7-14(13)19/h2-3,6-7H,4-5,8-12H2,1H3,(H,22,23). The minimum absolute atomic E-state index is 0.106. The fraction of sp³-hybridized carbons (Fsp3) is 0.556. The minimum Gasteiger partial charge on any atom is -0.481 e. The van der Waals surface area contributed by atoms with Crippen molar-refractivity contribution in [3.8, 4) is 0 Å². The molecule has 1 saturated carbocycles. The molecule has 0 spiro atoms. The lowest BCUT2D eigenvalue weighted by Gasteiger charge is -2.33. The topological polar surface area (TPSA) is 57.6 Å². The summed E-state index contributed by atoms with van der Waals surface area (Å²) in [5.41, 5.74) is -1.26. The van der Waals surface area contributed by atoms with E-state index < -0.39 is 16.8 Å². The number of likely N-dealkylation sites (tertiary alicyclic amines) is 1. The molecular formula is C18H22FNO3. The van der Waals surface area contributed by atoms with Crippen LogP contribution in [0.3, 0.4) is 0 Å². The molecule has 2 aliphatic rings. The van der Waals surface area contributed by atoms with E-state index in [1.807, 2.05) is 0 Å². The van der Waals surface area contributed by atoms with Crippen LogP contribution < -0.4 is 0 Å². The van der Waals surface area contributed by atoms with Crippen molar-refractivity contribution in [3.63, 3.8) is 0 Å². The Bertz CT molecular complexity index is 639. The van der Waals surface area contributed by atoms with Crippen molar-refractivity contribution >= 4 is 11.9 Å². The van der Waals surface area contributed by atoms with E-state index in [9.17, 15) is 19.1 Å². The molecule has 124 valence electrons. The third kappa shape index (κ3) is 2.52. The Hall–Kier alpha value is -1.91. The number of amides is 1. The normalized spacial score (nSPS) is 26.4. The zero-order valence-electron chi connectivity index (χ0n) is 13.3. The lowest BCUT2D eigenvalue weighted by atomic mass is 9.77. The number of halogens is 1. The number of carbonyl (C=O) groups is 2. The van der Waals surface area contributed by atoms with E-state index in [4.69, 9.17) is 0 Å². The molecule has 1 aliphatic heterocycles. The molecule has 5 heteroatoms. The fourth-order valence-corrected chi connectivity index (χ4v) is 4.04. The summed E-state index contributed by atoms with van der Waals surface area (Å²) in [6.45, 7) is 2.31. The van der Waals surface area contributed by atoms with E-state index >= 15 is 0 Å². The minimum atomic E-state index is -0.898. The first-order valence-corrected chi connectivity index (χ1v) is 8.17. The van der Waals surface area contributed by atoms with Crippen LogP contribution in [0.5, 0.6) is 0 Å². The molecule has 1 amide bonds. The third-order valence-electron chi connectivity index (χ3n) is 5.53. The smallest absolute Gasteiger partial charge is 0.311 e. The van der Waals surface area contributed by atoms with Crippen molar-refractivity contribution in [2.24, 2.45) is 5.41 Å². The van der Waals surface area contributed by atoms with Crippen molar-refractivity contribution in [2.45, 2.75) is 44.4 Å². The van der Waals surface area contributed by atoms with Gasteiger partial charge < -0.3 is 10.0 Å². The van der Waals surface area contributed by atoms with Gasteiger partial charge >= 0.3 is 5.97 Å². The van der Waals surface area contributed by atoms with Gasteiger partial charge in [-0.05, 0) is 32.3 Å². The van der Waals surface area contributed by atoms with E-state index in [0.29, 0.717) is 31.4 Å². The second kappa shape index (κ2) is 5.62. The number of rotatable bonds is 3. The molecule has 0 bridgehead atoms. The van der Waals surface area contributed by atoms with Gasteiger partial charge in [0.05, 0.1) is 10.8 Å². The molecular weight excluding hydrogens is 297 g/mol. The number of hydrogen-bond acceptors (Lipinski definition) is 2. The first kappa shape index (κ1) is 16.0. The third-order valence-corrected chi connectivity index (χ3v) is 5.53. The molecule has 1 aromatic carbocycles. The van der Waals surface area contributed by atoms with Gasteiger partial charge in [-0.2, -0.15) is 0 Å². The van der Waals surface area contributed by atoms with Crippen molar-refractivity contribution in [2.75, 3.05) is 13.1 Å². The molecule has 1 aliphatic carbocycles. The zero-order chi connectivity index (χ0) is 16.7. The number of carboxylic acid groups (broad SMARTS) is 1. The molecule has 23 heavy (non-hydrogen) atoms.